The molecule has 1 aliphatic heterocycles. The molecule has 1 atom stereocenters. The van der Waals surface area contributed by atoms with Crippen LogP contribution in [0.25, 0.3) is 10.6 Å². The number of thiophene rings is 1. The highest BCUT2D eigenvalue weighted by Crippen LogP contribution is 2.22. The molecule has 0 aliphatic carbocycles. The molecule has 0 radical (unpaired) electrons. The van der Waals surface area contributed by atoms with Gasteiger partial charge in [0.05, 0.1) is 16.1 Å². The van der Waals surface area contributed by atoms with Gasteiger partial charge in [-0.1, -0.05) is 12.5 Å². The van der Waals surface area contributed by atoms with Crippen LogP contribution in [-0.4, -0.2) is 41.5 Å². The largest absolute Gasteiger partial charge is 0.351 e. The van der Waals surface area contributed by atoms with E-state index in [2.05, 4.69) is 22.1 Å². The predicted molar refractivity (Wildman–Crippen MR) is 94.8 cm³/mol. The first kappa shape index (κ1) is 16.1. The summed E-state index contributed by atoms with van der Waals surface area (Å²) in [7, 11) is 0. The molecule has 2 aromatic rings. The minimum Gasteiger partial charge on any atom is -0.351 e. The molecule has 1 amide bonds. The first-order valence-electron chi connectivity index (χ1n) is 8.26. The molecule has 1 saturated heterocycles. The van der Waals surface area contributed by atoms with Crippen LogP contribution in [0.5, 0.6) is 0 Å². The Hall–Kier alpha value is -1.72. The zero-order valence-corrected chi connectivity index (χ0v) is 14.3. The van der Waals surface area contributed by atoms with Crippen LogP contribution < -0.4 is 5.32 Å². The monoisotopic (exact) mass is 329 g/mol. The van der Waals surface area contributed by atoms with E-state index in [1.807, 2.05) is 29.6 Å². The molecule has 1 N–H and O–H groups in total. The number of aromatic nitrogens is 1. The van der Waals surface area contributed by atoms with E-state index in [-0.39, 0.29) is 5.91 Å². The van der Waals surface area contributed by atoms with Gasteiger partial charge in [-0.05, 0) is 49.9 Å². The van der Waals surface area contributed by atoms with Crippen molar-refractivity contribution in [2.45, 2.75) is 32.2 Å². The number of amides is 1. The fraction of sp³-hybridized carbons (Fsp3) is 0.444. The maximum Gasteiger partial charge on any atom is 0.252 e. The molecule has 1 fully saturated rings. The van der Waals surface area contributed by atoms with Crippen LogP contribution in [0.4, 0.5) is 0 Å². The van der Waals surface area contributed by atoms with Gasteiger partial charge in [0.15, 0.2) is 0 Å². The van der Waals surface area contributed by atoms with Crippen molar-refractivity contribution < 1.29 is 4.79 Å². The van der Waals surface area contributed by atoms with Gasteiger partial charge in [0, 0.05) is 25.3 Å². The Balaban J connectivity index is 1.50. The number of carbonyl (C=O) groups excluding carboxylic acids is 1. The summed E-state index contributed by atoms with van der Waals surface area (Å²) in [6, 6.07) is 8.43. The molecule has 3 rings (SSSR count). The second-order valence-corrected chi connectivity index (χ2v) is 6.99. The lowest BCUT2D eigenvalue weighted by Gasteiger charge is -2.33. The molecular formula is C18H23N3OS. The lowest BCUT2D eigenvalue weighted by atomic mass is 10.0. The van der Waals surface area contributed by atoms with Crippen molar-refractivity contribution in [2.75, 3.05) is 19.6 Å². The Labute approximate surface area is 141 Å². The third-order valence-corrected chi connectivity index (χ3v) is 5.32. The Kier molecular flexibility index (Phi) is 5.41. The highest BCUT2D eigenvalue weighted by molar-refractivity contribution is 7.13. The molecular weight excluding hydrogens is 306 g/mol. The standard InChI is InChI=1S/C18H23N3OS/c1-14-5-2-3-10-21(14)11-9-19-18(22)15-7-8-16(20-13-15)17-6-4-12-23-17/h4,6-8,12-14H,2-3,5,9-11H2,1H3,(H,19,22)/t14-/m1/s1. The smallest absolute Gasteiger partial charge is 0.252 e. The summed E-state index contributed by atoms with van der Waals surface area (Å²) in [4.78, 5) is 20.2. The van der Waals surface area contributed by atoms with Crippen LogP contribution in [0.1, 0.15) is 36.5 Å². The lowest BCUT2D eigenvalue weighted by molar-refractivity contribution is 0.0938. The third-order valence-electron chi connectivity index (χ3n) is 4.42. The Morgan fingerprint density at radius 1 is 1.39 bits per heavy atom. The van der Waals surface area contributed by atoms with Crippen molar-refractivity contribution in [1.29, 1.82) is 0 Å². The van der Waals surface area contributed by atoms with Gasteiger partial charge in [-0.3, -0.25) is 14.7 Å². The van der Waals surface area contributed by atoms with Gasteiger partial charge >= 0.3 is 0 Å². The highest BCUT2D eigenvalue weighted by Gasteiger charge is 2.17. The van der Waals surface area contributed by atoms with Gasteiger partial charge in [-0.15, -0.1) is 11.3 Å². The van der Waals surface area contributed by atoms with Crippen LogP contribution in [0.15, 0.2) is 35.8 Å². The highest BCUT2D eigenvalue weighted by atomic mass is 32.1. The molecule has 0 bridgehead atoms. The molecule has 23 heavy (non-hydrogen) atoms. The number of nitrogens with one attached hydrogen (secondary N) is 1. The summed E-state index contributed by atoms with van der Waals surface area (Å²) in [6.07, 6.45) is 5.52. The van der Waals surface area contributed by atoms with Gasteiger partial charge in [0.1, 0.15) is 0 Å². The minimum atomic E-state index is -0.0418. The summed E-state index contributed by atoms with van der Waals surface area (Å²) in [5.41, 5.74) is 1.54. The molecule has 5 heteroatoms. The molecule has 2 aromatic heterocycles. The normalized spacial score (nSPS) is 18.7. The second-order valence-electron chi connectivity index (χ2n) is 6.05. The number of rotatable bonds is 5. The number of hydrogen-bond acceptors (Lipinski definition) is 4. The first-order valence-corrected chi connectivity index (χ1v) is 9.14. The number of pyridine rings is 1. The van der Waals surface area contributed by atoms with Crippen molar-refractivity contribution in [3.63, 3.8) is 0 Å². The van der Waals surface area contributed by atoms with Crippen molar-refractivity contribution in [1.82, 2.24) is 15.2 Å². The molecule has 0 spiro atoms. The van der Waals surface area contributed by atoms with E-state index in [0.29, 0.717) is 18.2 Å². The molecule has 4 nitrogen and oxygen atoms in total. The number of hydrogen-bond donors (Lipinski definition) is 1. The Morgan fingerprint density at radius 3 is 3.00 bits per heavy atom. The van der Waals surface area contributed by atoms with Crippen LogP contribution >= 0.6 is 11.3 Å². The van der Waals surface area contributed by atoms with Crippen LogP contribution in [0.3, 0.4) is 0 Å². The average Bonchev–Trinajstić information content (AvgIpc) is 3.11. The fourth-order valence-corrected chi connectivity index (χ4v) is 3.71. The Morgan fingerprint density at radius 2 is 2.30 bits per heavy atom. The maximum atomic E-state index is 12.2. The molecule has 1 aliphatic rings. The van der Waals surface area contributed by atoms with E-state index >= 15 is 0 Å². The molecule has 0 saturated carbocycles. The molecule has 0 unspecified atom stereocenters. The topological polar surface area (TPSA) is 45.2 Å². The van der Waals surface area contributed by atoms with Crippen LogP contribution in [0.2, 0.25) is 0 Å². The molecule has 0 aromatic carbocycles. The fourth-order valence-electron chi connectivity index (χ4n) is 3.00. The van der Waals surface area contributed by atoms with Crippen molar-refractivity contribution in [3.05, 3.63) is 41.4 Å². The zero-order valence-electron chi connectivity index (χ0n) is 13.5. The predicted octanol–water partition coefficient (Wildman–Crippen LogP) is 3.41. The van der Waals surface area contributed by atoms with Gasteiger partial charge < -0.3 is 5.32 Å². The second kappa shape index (κ2) is 7.70. The van der Waals surface area contributed by atoms with Crippen molar-refractivity contribution in [2.24, 2.45) is 0 Å². The number of piperidine rings is 1. The average molecular weight is 329 g/mol. The summed E-state index contributed by atoms with van der Waals surface area (Å²) >= 11 is 1.65. The quantitative estimate of drug-likeness (QED) is 0.914. The SMILES string of the molecule is C[C@@H]1CCCCN1CCNC(=O)c1ccc(-c2cccs2)nc1. The van der Waals surface area contributed by atoms with Gasteiger partial charge in [0.2, 0.25) is 0 Å². The Bertz CT molecular complexity index is 624. The maximum absolute atomic E-state index is 12.2. The van der Waals surface area contributed by atoms with Crippen LogP contribution in [0, 0.1) is 0 Å². The zero-order chi connectivity index (χ0) is 16.1. The molecule has 3 heterocycles. The summed E-state index contributed by atoms with van der Waals surface area (Å²) < 4.78 is 0. The van der Waals surface area contributed by atoms with Gasteiger partial charge in [-0.25, -0.2) is 0 Å². The third kappa shape index (κ3) is 4.18. The van der Waals surface area contributed by atoms with Crippen LogP contribution in [-0.2, 0) is 0 Å². The number of nitrogens with zero attached hydrogens (tertiary/aromatic N) is 2. The van der Waals surface area contributed by atoms with E-state index in [0.717, 1.165) is 23.7 Å². The number of carbonyl (C=O) groups is 1. The van der Waals surface area contributed by atoms with E-state index in [1.54, 1.807) is 17.5 Å². The van der Waals surface area contributed by atoms with Gasteiger partial charge in [-0.2, -0.15) is 0 Å². The van der Waals surface area contributed by atoms with Gasteiger partial charge in [0.25, 0.3) is 5.91 Å². The van der Waals surface area contributed by atoms with E-state index in [1.165, 1.54) is 19.3 Å². The van der Waals surface area contributed by atoms with Crippen molar-refractivity contribution >= 4 is 17.2 Å². The summed E-state index contributed by atoms with van der Waals surface area (Å²) in [5.74, 6) is -0.0418. The van der Waals surface area contributed by atoms with E-state index in [4.69, 9.17) is 0 Å². The van der Waals surface area contributed by atoms with E-state index < -0.39 is 0 Å². The van der Waals surface area contributed by atoms with Crippen molar-refractivity contribution in [3.8, 4) is 10.6 Å². The summed E-state index contributed by atoms with van der Waals surface area (Å²) in [5, 5.41) is 5.03. The lowest BCUT2D eigenvalue weighted by Crippen LogP contribution is -2.42. The summed E-state index contributed by atoms with van der Waals surface area (Å²) in [6.45, 7) is 5.03. The first-order chi connectivity index (χ1) is 11.2. The number of likely N-dealkylation sites (tertiary alicyclic amines) is 1. The minimum absolute atomic E-state index is 0.0418. The van der Waals surface area contributed by atoms with E-state index in [9.17, 15) is 4.79 Å². The molecule has 122 valence electrons.